The molecular weight excluding hydrogens is 200 g/mol. The zero-order valence-electron chi connectivity index (χ0n) is 10.3. The van der Waals surface area contributed by atoms with E-state index >= 15 is 0 Å². The summed E-state index contributed by atoms with van der Waals surface area (Å²) in [6.07, 6.45) is 5.12. The van der Waals surface area contributed by atoms with Crippen molar-refractivity contribution in [3.63, 3.8) is 0 Å². The highest BCUT2D eigenvalue weighted by atomic mass is 15.2. The number of aryl methyl sites for hydroxylation is 1. The molecule has 4 nitrogen and oxygen atoms in total. The summed E-state index contributed by atoms with van der Waals surface area (Å²) in [4.78, 5) is 6.75. The summed E-state index contributed by atoms with van der Waals surface area (Å²) in [5.74, 6) is 0. The van der Waals surface area contributed by atoms with Gasteiger partial charge in [0.15, 0.2) is 0 Å². The zero-order chi connectivity index (χ0) is 11.4. The summed E-state index contributed by atoms with van der Waals surface area (Å²) in [5, 5.41) is 3.47. The monoisotopic (exact) mass is 222 g/mol. The lowest BCUT2D eigenvalue weighted by molar-refractivity contribution is 0.195. The number of imidazole rings is 1. The van der Waals surface area contributed by atoms with Gasteiger partial charge in [-0.05, 0) is 13.3 Å². The molecule has 1 aromatic heterocycles. The van der Waals surface area contributed by atoms with E-state index in [9.17, 15) is 0 Å². The first-order valence-corrected chi connectivity index (χ1v) is 6.24. The Morgan fingerprint density at radius 2 is 2.44 bits per heavy atom. The van der Waals surface area contributed by atoms with Gasteiger partial charge in [-0.25, -0.2) is 4.98 Å². The third-order valence-corrected chi connectivity index (χ3v) is 3.10. The Balaban J connectivity index is 1.94. The zero-order valence-corrected chi connectivity index (χ0v) is 10.3. The third kappa shape index (κ3) is 2.83. The van der Waals surface area contributed by atoms with Crippen molar-refractivity contribution >= 4 is 0 Å². The lowest BCUT2D eigenvalue weighted by atomic mass is 10.2. The van der Waals surface area contributed by atoms with Crippen LogP contribution in [0.2, 0.25) is 0 Å². The maximum Gasteiger partial charge on any atom is 0.0948 e. The fourth-order valence-electron chi connectivity index (χ4n) is 2.31. The number of hydrogen-bond acceptors (Lipinski definition) is 3. The standard InChI is InChI=1S/C12H22N4/c1-3-5-16-10-13-7-12(16)9-15-6-4-14-11(2)8-15/h7,10-11,14H,3-6,8-9H2,1-2H3. The molecule has 90 valence electrons. The highest BCUT2D eigenvalue weighted by molar-refractivity contribution is 4.99. The average Bonchev–Trinajstić information content (AvgIpc) is 2.66. The van der Waals surface area contributed by atoms with Gasteiger partial charge in [0.2, 0.25) is 0 Å². The van der Waals surface area contributed by atoms with Crippen molar-refractivity contribution < 1.29 is 0 Å². The number of rotatable bonds is 4. The Hall–Kier alpha value is -0.870. The van der Waals surface area contributed by atoms with Crippen LogP contribution >= 0.6 is 0 Å². The molecule has 2 heterocycles. The first-order valence-electron chi connectivity index (χ1n) is 6.24. The summed E-state index contributed by atoms with van der Waals surface area (Å²) >= 11 is 0. The summed E-state index contributed by atoms with van der Waals surface area (Å²) in [7, 11) is 0. The molecule has 16 heavy (non-hydrogen) atoms. The Morgan fingerprint density at radius 1 is 1.56 bits per heavy atom. The molecule has 0 amide bonds. The highest BCUT2D eigenvalue weighted by Gasteiger charge is 2.16. The largest absolute Gasteiger partial charge is 0.333 e. The average molecular weight is 222 g/mol. The van der Waals surface area contributed by atoms with Gasteiger partial charge >= 0.3 is 0 Å². The van der Waals surface area contributed by atoms with Crippen LogP contribution in [0.4, 0.5) is 0 Å². The minimum atomic E-state index is 0.608. The maximum atomic E-state index is 4.25. The van der Waals surface area contributed by atoms with Gasteiger partial charge in [-0.2, -0.15) is 0 Å². The molecule has 1 aliphatic heterocycles. The van der Waals surface area contributed by atoms with Crippen molar-refractivity contribution in [2.24, 2.45) is 0 Å². The molecule has 1 fully saturated rings. The van der Waals surface area contributed by atoms with Crippen molar-refractivity contribution in [3.8, 4) is 0 Å². The SMILES string of the molecule is CCCn1cncc1CN1CCNC(C)C1. The summed E-state index contributed by atoms with van der Waals surface area (Å²) in [6, 6.07) is 0.608. The van der Waals surface area contributed by atoms with E-state index in [1.807, 2.05) is 12.5 Å². The van der Waals surface area contributed by atoms with Gasteiger partial charge in [0, 0.05) is 45.0 Å². The van der Waals surface area contributed by atoms with Crippen LogP contribution < -0.4 is 5.32 Å². The minimum Gasteiger partial charge on any atom is -0.333 e. The van der Waals surface area contributed by atoms with Crippen LogP contribution in [0.3, 0.4) is 0 Å². The first-order chi connectivity index (χ1) is 7.79. The Labute approximate surface area is 97.7 Å². The predicted molar refractivity (Wildman–Crippen MR) is 65.3 cm³/mol. The van der Waals surface area contributed by atoms with E-state index in [1.165, 1.54) is 12.1 Å². The molecule has 1 atom stereocenters. The van der Waals surface area contributed by atoms with Crippen LogP contribution in [0.5, 0.6) is 0 Å². The van der Waals surface area contributed by atoms with Gasteiger partial charge in [0.1, 0.15) is 0 Å². The molecule has 0 aromatic carbocycles. The fraction of sp³-hybridized carbons (Fsp3) is 0.750. The fourth-order valence-corrected chi connectivity index (χ4v) is 2.31. The summed E-state index contributed by atoms with van der Waals surface area (Å²) < 4.78 is 2.27. The summed E-state index contributed by atoms with van der Waals surface area (Å²) in [5.41, 5.74) is 1.34. The molecule has 1 unspecified atom stereocenters. The Bertz CT molecular complexity index is 321. The van der Waals surface area contributed by atoms with Gasteiger partial charge in [0.25, 0.3) is 0 Å². The number of aromatic nitrogens is 2. The van der Waals surface area contributed by atoms with Crippen LogP contribution in [-0.2, 0) is 13.1 Å². The predicted octanol–water partition coefficient (Wildman–Crippen LogP) is 1.09. The molecule has 4 heteroatoms. The topological polar surface area (TPSA) is 33.1 Å². The van der Waals surface area contributed by atoms with E-state index in [1.54, 1.807) is 0 Å². The van der Waals surface area contributed by atoms with Crippen molar-refractivity contribution in [2.75, 3.05) is 19.6 Å². The molecule has 1 aromatic rings. The molecular formula is C12H22N4. The van der Waals surface area contributed by atoms with E-state index in [0.717, 1.165) is 32.7 Å². The second-order valence-corrected chi connectivity index (χ2v) is 4.67. The van der Waals surface area contributed by atoms with Crippen LogP contribution in [0.1, 0.15) is 26.0 Å². The number of nitrogens with one attached hydrogen (secondary N) is 1. The van der Waals surface area contributed by atoms with Gasteiger partial charge in [-0.3, -0.25) is 4.90 Å². The number of nitrogens with zero attached hydrogens (tertiary/aromatic N) is 3. The van der Waals surface area contributed by atoms with Gasteiger partial charge in [-0.15, -0.1) is 0 Å². The van der Waals surface area contributed by atoms with E-state index in [-0.39, 0.29) is 0 Å². The van der Waals surface area contributed by atoms with Crippen LogP contribution in [-0.4, -0.2) is 40.1 Å². The van der Waals surface area contributed by atoms with Gasteiger partial charge in [0.05, 0.1) is 12.0 Å². The lowest BCUT2D eigenvalue weighted by Crippen LogP contribution is -2.48. The molecule has 1 aliphatic rings. The molecule has 0 saturated carbocycles. The Kier molecular flexibility index (Phi) is 3.96. The second kappa shape index (κ2) is 5.46. The van der Waals surface area contributed by atoms with E-state index in [0.29, 0.717) is 6.04 Å². The van der Waals surface area contributed by atoms with Crippen molar-refractivity contribution in [3.05, 3.63) is 18.2 Å². The van der Waals surface area contributed by atoms with E-state index in [4.69, 9.17) is 0 Å². The Morgan fingerprint density at radius 3 is 3.19 bits per heavy atom. The van der Waals surface area contributed by atoms with Crippen LogP contribution in [0, 0.1) is 0 Å². The third-order valence-electron chi connectivity index (χ3n) is 3.10. The maximum absolute atomic E-state index is 4.25. The normalized spacial score (nSPS) is 22.5. The quantitative estimate of drug-likeness (QED) is 0.828. The molecule has 0 radical (unpaired) electrons. The molecule has 1 saturated heterocycles. The minimum absolute atomic E-state index is 0.608. The number of hydrogen-bond donors (Lipinski definition) is 1. The lowest BCUT2D eigenvalue weighted by Gasteiger charge is -2.31. The highest BCUT2D eigenvalue weighted by Crippen LogP contribution is 2.08. The van der Waals surface area contributed by atoms with Crippen LogP contribution in [0.25, 0.3) is 0 Å². The van der Waals surface area contributed by atoms with Crippen LogP contribution in [0.15, 0.2) is 12.5 Å². The molecule has 0 aliphatic carbocycles. The van der Waals surface area contributed by atoms with Gasteiger partial charge in [-0.1, -0.05) is 6.92 Å². The van der Waals surface area contributed by atoms with Crippen molar-refractivity contribution in [1.82, 2.24) is 19.8 Å². The van der Waals surface area contributed by atoms with Crippen molar-refractivity contribution in [1.29, 1.82) is 0 Å². The number of piperazine rings is 1. The molecule has 1 N–H and O–H groups in total. The molecule has 2 rings (SSSR count). The van der Waals surface area contributed by atoms with Crippen molar-refractivity contribution in [2.45, 2.75) is 39.4 Å². The van der Waals surface area contributed by atoms with E-state index < -0.39 is 0 Å². The smallest absolute Gasteiger partial charge is 0.0948 e. The second-order valence-electron chi connectivity index (χ2n) is 4.67. The van der Waals surface area contributed by atoms with E-state index in [2.05, 4.69) is 33.6 Å². The first kappa shape index (κ1) is 11.6. The molecule has 0 spiro atoms. The van der Waals surface area contributed by atoms with Gasteiger partial charge < -0.3 is 9.88 Å². The summed E-state index contributed by atoms with van der Waals surface area (Å²) in [6.45, 7) is 9.94. The molecule has 0 bridgehead atoms.